The van der Waals surface area contributed by atoms with E-state index in [4.69, 9.17) is 0 Å². The summed E-state index contributed by atoms with van der Waals surface area (Å²) in [5.41, 5.74) is 0. The van der Waals surface area contributed by atoms with Gasteiger partial charge in [0, 0.05) is 42.0 Å². The molecule has 9 heteroatoms. The van der Waals surface area contributed by atoms with Crippen LogP contribution in [0.2, 0.25) is 0 Å². The lowest BCUT2D eigenvalue weighted by molar-refractivity contribution is -0.130. The van der Waals surface area contributed by atoms with Crippen LogP contribution in [0.1, 0.15) is 19.8 Å². The first-order valence-corrected chi connectivity index (χ1v) is 10.0. The first kappa shape index (κ1) is 18.8. The molecule has 1 aromatic rings. The van der Waals surface area contributed by atoms with Gasteiger partial charge in [-0.3, -0.25) is 4.79 Å². The van der Waals surface area contributed by atoms with Gasteiger partial charge in [0.15, 0.2) is 0 Å². The fraction of sp³-hybridized carbons (Fsp3) is 0.500. The molecule has 1 heterocycles. The summed E-state index contributed by atoms with van der Waals surface area (Å²) in [6.45, 7) is 2.14. The molecule has 1 fully saturated rings. The molecule has 0 atom stereocenters. The van der Waals surface area contributed by atoms with Crippen molar-refractivity contribution in [2.45, 2.75) is 30.7 Å². The third-order valence-electron chi connectivity index (χ3n) is 4.03. The molecular formula is C14H17Br2FN2O3S. The van der Waals surface area contributed by atoms with Gasteiger partial charge < -0.3 is 4.90 Å². The van der Waals surface area contributed by atoms with Gasteiger partial charge in [0.1, 0.15) is 10.7 Å². The van der Waals surface area contributed by atoms with Crippen molar-refractivity contribution in [2.24, 2.45) is 0 Å². The Kier molecular flexibility index (Phi) is 5.86. The Morgan fingerprint density at radius 3 is 2.17 bits per heavy atom. The van der Waals surface area contributed by atoms with E-state index in [1.165, 1.54) is 11.2 Å². The number of nitrogens with zero attached hydrogens (tertiary/aromatic N) is 2. The van der Waals surface area contributed by atoms with E-state index in [0.717, 1.165) is 12.1 Å². The van der Waals surface area contributed by atoms with Gasteiger partial charge in [-0.05, 0) is 56.8 Å². The predicted octanol–water partition coefficient (Wildman–Crippen LogP) is 2.98. The second-order valence-electron chi connectivity index (χ2n) is 5.46. The molecule has 2 rings (SSSR count). The Morgan fingerprint density at radius 1 is 1.26 bits per heavy atom. The Labute approximate surface area is 152 Å². The molecule has 0 N–H and O–H groups in total. The lowest BCUT2D eigenvalue weighted by Gasteiger charge is -2.36. The fourth-order valence-corrected chi connectivity index (χ4v) is 6.55. The van der Waals surface area contributed by atoms with Gasteiger partial charge in [0.05, 0.1) is 0 Å². The van der Waals surface area contributed by atoms with Gasteiger partial charge in [0.2, 0.25) is 15.9 Å². The van der Waals surface area contributed by atoms with Crippen LogP contribution >= 0.6 is 31.9 Å². The molecule has 1 aliphatic rings. The van der Waals surface area contributed by atoms with Crippen molar-refractivity contribution in [1.29, 1.82) is 0 Å². The maximum atomic E-state index is 13.3. The quantitative estimate of drug-likeness (QED) is 0.680. The summed E-state index contributed by atoms with van der Waals surface area (Å²) in [5.74, 6) is -0.556. The van der Waals surface area contributed by atoms with Crippen molar-refractivity contribution in [3.63, 3.8) is 0 Å². The number of rotatable bonds is 3. The number of hydrogen-bond donors (Lipinski definition) is 0. The van der Waals surface area contributed by atoms with Crippen LogP contribution in [0.15, 0.2) is 26.0 Å². The number of carbonyl (C=O) groups is 1. The lowest BCUT2D eigenvalue weighted by atomic mass is 10.1. The summed E-state index contributed by atoms with van der Waals surface area (Å²) >= 11 is 6.25. The highest BCUT2D eigenvalue weighted by Crippen LogP contribution is 2.34. The molecule has 5 nitrogen and oxygen atoms in total. The summed E-state index contributed by atoms with van der Waals surface area (Å²) in [6.07, 6.45) is 1.15. The average molecular weight is 472 g/mol. The predicted molar refractivity (Wildman–Crippen MR) is 92.0 cm³/mol. The summed E-state index contributed by atoms with van der Waals surface area (Å²) in [6, 6.07) is 2.31. The number of sulfonamides is 1. The van der Waals surface area contributed by atoms with Crippen LogP contribution in [-0.4, -0.2) is 49.7 Å². The second kappa shape index (κ2) is 7.16. The number of amides is 1. The van der Waals surface area contributed by atoms with Crippen LogP contribution in [-0.2, 0) is 14.8 Å². The van der Waals surface area contributed by atoms with E-state index < -0.39 is 15.8 Å². The van der Waals surface area contributed by atoms with E-state index >= 15 is 0 Å². The number of hydrogen-bond acceptors (Lipinski definition) is 3. The zero-order valence-electron chi connectivity index (χ0n) is 12.7. The first-order chi connectivity index (χ1) is 10.6. The number of benzene rings is 1. The molecule has 1 aromatic carbocycles. The minimum atomic E-state index is -3.74. The van der Waals surface area contributed by atoms with Crippen LogP contribution < -0.4 is 0 Å². The monoisotopic (exact) mass is 470 g/mol. The molecule has 23 heavy (non-hydrogen) atoms. The normalized spacial score (nSPS) is 17.3. The Balaban J connectivity index is 2.22. The van der Waals surface area contributed by atoms with E-state index in [1.807, 2.05) is 0 Å². The highest BCUT2D eigenvalue weighted by molar-refractivity contribution is 9.11. The Morgan fingerprint density at radius 2 is 1.74 bits per heavy atom. The summed E-state index contributed by atoms with van der Waals surface area (Å²) in [7, 11) is -2.01. The standard InChI is InChI=1S/C14H17Br2FN2O3S/c1-9(20)18(2)11-3-5-19(6-4-11)23(21,22)14-12(15)7-10(17)8-13(14)16/h7-8,11H,3-6H2,1-2H3. The van der Waals surface area contributed by atoms with Crippen molar-refractivity contribution < 1.29 is 17.6 Å². The van der Waals surface area contributed by atoms with Crippen molar-refractivity contribution in [1.82, 2.24) is 9.21 Å². The molecule has 1 saturated heterocycles. The minimum absolute atomic E-state index is 0.0253. The van der Waals surface area contributed by atoms with Gasteiger partial charge in [-0.2, -0.15) is 4.31 Å². The first-order valence-electron chi connectivity index (χ1n) is 7.02. The molecule has 0 unspecified atom stereocenters. The van der Waals surface area contributed by atoms with E-state index in [0.29, 0.717) is 25.9 Å². The topological polar surface area (TPSA) is 57.7 Å². The van der Waals surface area contributed by atoms with Crippen LogP contribution in [0, 0.1) is 5.82 Å². The third-order valence-corrected chi connectivity index (χ3v) is 7.81. The van der Waals surface area contributed by atoms with Gasteiger partial charge >= 0.3 is 0 Å². The van der Waals surface area contributed by atoms with Crippen molar-refractivity contribution in [3.05, 3.63) is 26.9 Å². The number of carbonyl (C=O) groups excluding carboxylic acids is 1. The smallest absolute Gasteiger partial charge is 0.245 e. The molecule has 0 saturated carbocycles. The van der Waals surface area contributed by atoms with Gasteiger partial charge in [-0.15, -0.1) is 0 Å². The number of halogens is 3. The maximum Gasteiger partial charge on any atom is 0.245 e. The molecule has 0 aromatic heterocycles. The second-order valence-corrected chi connectivity index (χ2v) is 9.05. The fourth-order valence-electron chi connectivity index (χ4n) is 2.63. The summed E-state index contributed by atoms with van der Waals surface area (Å²) in [4.78, 5) is 13.1. The van der Waals surface area contributed by atoms with Gasteiger partial charge in [-0.25, -0.2) is 12.8 Å². The molecule has 1 amide bonds. The summed E-state index contributed by atoms with van der Waals surface area (Å²) < 4.78 is 40.7. The Bertz CT molecular complexity index is 696. The van der Waals surface area contributed by atoms with Crippen molar-refractivity contribution in [2.75, 3.05) is 20.1 Å². The molecule has 0 aliphatic carbocycles. The van der Waals surface area contributed by atoms with E-state index in [2.05, 4.69) is 31.9 Å². The van der Waals surface area contributed by atoms with Gasteiger partial charge in [0.25, 0.3) is 0 Å². The molecule has 128 valence electrons. The number of piperidine rings is 1. The molecular weight excluding hydrogens is 455 g/mol. The Hall–Kier alpha value is -0.510. The SMILES string of the molecule is CC(=O)N(C)C1CCN(S(=O)(=O)c2c(Br)cc(F)cc2Br)CC1. The van der Waals surface area contributed by atoms with Crippen LogP contribution in [0.25, 0.3) is 0 Å². The minimum Gasteiger partial charge on any atom is -0.343 e. The van der Waals surface area contributed by atoms with Crippen molar-refractivity contribution in [3.8, 4) is 0 Å². The maximum absolute atomic E-state index is 13.3. The zero-order chi connectivity index (χ0) is 17.4. The van der Waals surface area contributed by atoms with E-state index in [1.54, 1.807) is 11.9 Å². The molecule has 1 aliphatic heterocycles. The highest BCUT2D eigenvalue weighted by atomic mass is 79.9. The largest absolute Gasteiger partial charge is 0.343 e. The highest BCUT2D eigenvalue weighted by Gasteiger charge is 2.33. The van der Waals surface area contributed by atoms with E-state index in [9.17, 15) is 17.6 Å². The lowest BCUT2D eigenvalue weighted by Crippen LogP contribution is -2.46. The summed E-state index contributed by atoms with van der Waals surface area (Å²) in [5, 5.41) is 0. The van der Waals surface area contributed by atoms with Crippen LogP contribution in [0.4, 0.5) is 4.39 Å². The third kappa shape index (κ3) is 3.94. The van der Waals surface area contributed by atoms with Gasteiger partial charge in [-0.1, -0.05) is 0 Å². The molecule has 0 spiro atoms. The van der Waals surface area contributed by atoms with E-state index in [-0.39, 0.29) is 25.8 Å². The van der Waals surface area contributed by atoms with Crippen LogP contribution in [0.5, 0.6) is 0 Å². The van der Waals surface area contributed by atoms with Crippen LogP contribution in [0.3, 0.4) is 0 Å². The average Bonchev–Trinajstić information content (AvgIpc) is 2.45. The molecule has 0 radical (unpaired) electrons. The zero-order valence-corrected chi connectivity index (χ0v) is 16.7. The molecule has 0 bridgehead atoms. The van der Waals surface area contributed by atoms with Crippen molar-refractivity contribution >= 4 is 47.8 Å².